The fraction of sp³-hybridized carbons (Fsp3) is 0. The Morgan fingerprint density at radius 3 is 2.80 bits per heavy atom. The average Bonchev–Trinajstić information content (AvgIpc) is 2.26. The van der Waals surface area contributed by atoms with Crippen LogP contribution in [0.25, 0.3) is 0 Å². The second-order valence-electron chi connectivity index (χ2n) is 2.31. The summed E-state index contributed by atoms with van der Waals surface area (Å²) in [5.74, 6) is 9.27. The van der Waals surface area contributed by atoms with Crippen molar-refractivity contribution in [2.75, 3.05) is 0 Å². The maximum atomic E-state index is 11.4. The number of aromatic nitrogens is 2. The van der Waals surface area contributed by atoms with Gasteiger partial charge in [-0.05, 0) is 0 Å². The molecule has 1 rings (SSSR count). The van der Waals surface area contributed by atoms with Gasteiger partial charge in [0, 0.05) is 24.2 Å². The fourth-order valence-corrected chi connectivity index (χ4v) is 0.809. The number of guanidine groups is 1. The van der Waals surface area contributed by atoms with Gasteiger partial charge < -0.3 is 5.84 Å². The lowest BCUT2D eigenvalue weighted by Crippen LogP contribution is -2.43. The number of hydrazine groups is 1. The summed E-state index contributed by atoms with van der Waals surface area (Å²) in [4.78, 5) is 18.9. The minimum atomic E-state index is -0.566. The highest BCUT2D eigenvalue weighted by molar-refractivity contribution is 6.23. The number of carbonyl (C=O) groups is 1. The van der Waals surface area contributed by atoms with E-state index in [1.165, 1.54) is 18.6 Å². The van der Waals surface area contributed by atoms with Gasteiger partial charge in [-0.2, -0.15) is 4.53 Å². The van der Waals surface area contributed by atoms with Crippen molar-refractivity contribution in [1.29, 1.82) is 0 Å². The van der Waals surface area contributed by atoms with Crippen molar-refractivity contribution >= 4 is 23.6 Å². The van der Waals surface area contributed by atoms with Crippen LogP contribution in [0, 0.1) is 0 Å². The highest BCUT2D eigenvalue weighted by atomic mass is 35.5. The second-order valence-corrected chi connectivity index (χ2v) is 2.67. The third kappa shape index (κ3) is 3.04. The molecule has 8 nitrogen and oxygen atoms in total. The van der Waals surface area contributed by atoms with E-state index in [2.05, 4.69) is 20.4 Å². The number of nitrogens with two attached hydrogens (primary N) is 2. The van der Waals surface area contributed by atoms with Crippen molar-refractivity contribution < 1.29 is 4.79 Å². The number of hydrazone groups is 1. The number of nitrogens with zero attached hydrogens (tertiary/aromatic N) is 4. The number of hydrogen-bond donors (Lipinski definition) is 3. The van der Waals surface area contributed by atoms with Crippen molar-refractivity contribution in [1.82, 2.24) is 19.8 Å². The Morgan fingerprint density at radius 2 is 2.33 bits per heavy atom. The molecule has 15 heavy (non-hydrogen) atoms. The van der Waals surface area contributed by atoms with E-state index >= 15 is 0 Å². The first-order valence-electron chi connectivity index (χ1n) is 3.71. The molecule has 5 N–H and O–H groups in total. The summed E-state index contributed by atoms with van der Waals surface area (Å²) < 4.78 is 0.550. The molecule has 1 aromatic rings. The van der Waals surface area contributed by atoms with Crippen LogP contribution in [0.15, 0.2) is 23.7 Å². The van der Waals surface area contributed by atoms with E-state index in [-0.39, 0.29) is 11.7 Å². The molecule has 0 aliphatic heterocycles. The topological polar surface area (TPSA) is 123 Å². The van der Waals surface area contributed by atoms with Gasteiger partial charge in [0.25, 0.3) is 11.9 Å². The minimum Gasteiger partial charge on any atom is -0.320 e. The van der Waals surface area contributed by atoms with Gasteiger partial charge in [0.1, 0.15) is 5.69 Å². The smallest absolute Gasteiger partial charge is 0.278 e. The van der Waals surface area contributed by atoms with E-state index in [1.807, 2.05) is 0 Å². The minimum absolute atomic E-state index is 0.0946. The number of hydrogen-bond acceptors (Lipinski definition) is 6. The molecule has 0 aliphatic carbocycles. The lowest BCUT2D eigenvalue weighted by molar-refractivity contribution is 0.0968. The van der Waals surface area contributed by atoms with Crippen LogP contribution in [0.5, 0.6) is 0 Å². The monoisotopic (exact) mass is 229 g/mol. The second kappa shape index (κ2) is 5.08. The predicted octanol–water partition coefficient (Wildman–Crippen LogP) is -1.23. The van der Waals surface area contributed by atoms with Gasteiger partial charge in [0.05, 0.1) is 6.20 Å². The van der Waals surface area contributed by atoms with Crippen LogP contribution in [-0.4, -0.2) is 26.4 Å². The Kier molecular flexibility index (Phi) is 3.77. The summed E-state index contributed by atoms with van der Waals surface area (Å²) in [5, 5.41) is 5.39. The molecule has 1 amide bonds. The molecule has 9 heteroatoms. The highest BCUT2D eigenvalue weighted by Crippen LogP contribution is 1.91. The van der Waals surface area contributed by atoms with Crippen molar-refractivity contribution in [2.24, 2.45) is 16.8 Å². The molecule has 0 fully saturated rings. The van der Waals surface area contributed by atoms with Crippen molar-refractivity contribution in [3.05, 3.63) is 24.3 Å². The molecule has 0 aromatic carbocycles. The zero-order valence-electron chi connectivity index (χ0n) is 7.46. The molecular formula is C6H8ClN7O. The van der Waals surface area contributed by atoms with Gasteiger partial charge in [-0.3, -0.25) is 15.1 Å². The normalized spacial score (nSPS) is 10.9. The van der Waals surface area contributed by atoms with Crippen molar-refractivity contribution in [3.8, 4) is 0 Å². The van der Waals surface area contributed by atoms with Crippen LogP contribution >= 0.6 is 11.8 Å². The molecule has 0 saturated carbocycles. The van der Waals surface area contributed by atoms with Crippen molar-refractivity contribution in [2.45, 2.75) is 0 Å². The molecule has 0 atom stereocenters. The molecule has 1 heterocycles. The van der Waals surface area contributed by atoms with E-state index in [0.717, 1.165) is 0 Å². The number of carbonyl (C=O) groups excluding carboxylic acids is 1. The molecule has 0 saturated heterocycles. The summed E-state index contributed by atoms with van der Waals surface area (Å²) in [6, 6.07) is 0. The van der Waals surface area contributed by atoms with Gasteiger partial charge >= 0.3 is 0 Å². The summed E-state index contributed by atoms with van der Waals surface area (Å²) >= 11 is 5.33. The Balaban J connectivity index is 2.72. The van der Waals surface area contributed by atoms with E-state index in [9.17, 15) is 4.79 Å². The molecule has 1 aromatic heterocycles. The number of halogens is 1. The molecule has 0 bridgehead atoms. The standard InChI is InChI=1S/C6H8ClN7O/c7-14(9)6(13-8)12-5(15)4-3-10-1-2-11-4/h1-3H,8-9H2,(H,12,13,15). The zero-order valence-corrected chi connectivity index (χ0v) is 8.22. The van der Waals surface area contributed by atoms with Gasteiger partial charge in [-0.25, -0.2) is 10.8 Å². The van der Waals surface area contributed by atoms with Crippen LogP contribution < -0.4 is 17.0 Å². The highest BCUT2D eigenvalue weighted by Gasteiger charge is 2.12. The summed E-state index contributed by atoms with van der Waals surface area (Å²) in [6.07, 6.45) is 4.08. The third-order valence-corrected chi connectivity index (χ3v) is 1.51. The van der Waals surface area contributed by atoms with Gasteiger partial charge in [0.15, 0.2) is 0 Å². The maximum absolute atomic E-state index is 11.4. The molecule has 0 spiro atoms. The van der Waals surface area contributed by atoms with Crippen LogP contribution in [0.4, 0.5) is 0 Å². The van der Waals surface area contributed by atoms with Gasteiger partial charge in [-0.15, -0.1) is 5.10 Å². The Hall–Kier alpha value is -1.93. The number of rotatable bonds is 1. The SMILES string of the molecule is N/N=C(/NC(=O)c1cnccn1)N(N)Cl. The quantitative estimate of drug-likeness (QED) is 0.182. The van der Waals surface area contributed by atoms with Gasteiger partial charge in [0.2, 0.25) is 0 Å². The zero-order chi connectivity index (χ0) is 11.3. The van der Waals surface area contributed by atoms with E-state index in [0.29, 0.717) is 4.53 Å². The number of nitrogens with one attached hydrogen (secondary N) is 1. The van der Waals surface area contributed by atoms with Crippen LogP contribution in [0.3, 0.4) is 0 Å². The van der Waals surface area contributed by atoms with Crippen LogP contribution in [0.1, 0.15) is 10.5 Å². The Labute approximate surface area is 90.0 Å². The molecule has 0 unspecified atom stereocenters. The largest absolute Gasteiger partial charge is 0.320 e. The molecular weight excluding hydrogens is 222 g/mol. The lowest BCUT2D eigenvalue weighted by Gasteiger charge is -2.10. The van der Waals surface area contributed by atoms with E-state index in [1.54, 1.807) is 0 Å². The summed E-state index contributed by atoms with van der Waals surface area (Å²) in [7, 11) is 0. The molecule has 80 valence electrons. The predicted molar refractivity (Wildman–Crippen MR) is 53.0 cm³/mol. The van der Waals surface area contributed by atoms with E-state index < -0.39 is 5.91 Å². The number of amides is 1. The van der Waals surface area contributed by atoms with E-state index in [4.69, 9.17) is 23.5 Å². The first-order valence-corrected chi connectivity index (χ1v) is 4.05. The van der Waals surface area contributed by atoms with Crippen LogP contribution in [0.2, 0.25) is 0 Å². The summed E-state index contributed by atoms with van der Waals surface area (Å²) in [5.41, 5.74) is 0.0946. The summed E-state index contributed by atoms with van der Waals surface area (Å²) in [6.45, 7) is 0. The average molecular weight is 230 g/mol. The fourth-order valence-electron chi connectivity index (χ4n) is 0.723. The van der Waals surface area contributed by atoms with Crippen molar-refractivity contribution in [3.63, 3.8) is 0 Å². The third-order valence-electron chi connectivity index (χ3n) is 1.35. The Bertz CT molecular complexity index is 365. The first-order chi connectivity index (χ1) is 7.15. The molecule has 0 radical (unpaired) electrons. The van der Waals surface area contributed by atoms with Gasteiger partial charge in [-0.1, -0.05) is 0 Å². The first kappa shape index (κ1) is 11.1. The van der Waals surface area contributed by atoms with Crippen LogP contribution in [-0.2, 0) is 0 Å². The Morgan fingerprint density at radius 1 is 1.60 bits per heavy atom. The maximum Gasteiger partial charge on any atom is 0.278 e. The molecule has 0 aliphatic rings. The lowest BCUT2D eigenvalue weighted by atomic mass is 10.4.